The Labute approximate surface area is 103 Å². The Morgan fingerprint density at radius 1 is 1.64 bits per heavy atom. The molecule has 0 saturated carbocycles. The summed E-state index contributed by atoms with van der Waals surface area (Å²) in [5.41, 5.74) is 6.66. The van der Waals surface area contributed by atoms with Gasteiger partial charge in [0.1, 0.15) is 5.88 Å². The summed E-state index contributed by atoms with van der Waals surface area (Å²) in [5.74, 6) is -0.0680. The molecule has 2 rings (SSSR count). The molecule has 1 amide bonds. The summed E-state index contributed by atoms with van der Waals surface area (Å²) in [5, 5.41) is 2.85. The van der Waals surface area contributed by atoms with E-state index >= 15 is 0 Å². The predicted octanol–water partition coefficient (Wildman–Crippen LogP) is -1.97. The molecule has 1 aliphatic heterocycles. The Hall–Kier alpha value is -0.970. The maximum atomic E-state index is 10.9. The fourth-order valence-electron chi connectivity index (χ4n) is 1.12. The number of carbonyl (C=O) groups excluding carboxylic acids is 1. The van der Waals surface area contributed by atoms with Crippen molar-refractivity contribution in [3.8, 4) is 0 Å². The van der Waals surface area contributed by atoms with Gasteiger partial charge in [-0.2, -0.15) is 0 Å². The minimum atomic E-state index is -0.528. The fraction of sp³-hybridized carbons (Fsp3) is 0. The fourth-order valence-corrected chi connectivity index (χ4v) is 1.12. The molecule has 0 aliphatic carbocycles. The molecule has 0 spiro atoms. The molecule has 14 heavy (non-hydrogen) atoms. The number of anilines is 1. The van der Waals surface area contributed by atoms with Crippen molar-refractivity contribution in [2.75, 3.05) is 5.32 Å². The van der Waals surface area contributed by atoms with Gasteiger partial charge in [-0.05, 0) is 5.70 Å². The van der Waals surface area contributed by atoms with Crippen molar-refractivity contribution in [3.05, 3.63) is 41.8 Å². The van der Waals surface area contributed by atoms with E-state index < -0.39 is 5.91 Å². The Morgan fingerprint density at radius 2 is 2.36 bits per heavy atom. The zero-order valence-corrected chi connectivity index (χ0v) is 9.76. The summed E-state index contributed by atoms with van der Waals surface area (Å²) in [7, 11) is 0. The van der Waals surface area contributed by atoms with E-state index in [1.165, 1.54) is 6.26 Å². The molecule has 1 aliphatic rings. The normalized spacial score (nSPS) is 12.7. The van der Waals surface area contributed by atoms with Gasteiger partial charge in [0, 0.05) is 5.56 Å². The molecule has 1 aromatic heterocycles. The van der Waals surface area contributed by atoms with Crippen molar-refractivity contribution in [2.24, 2.45) is 5.73 Å². The largest absolute Gasteiger partial charge is 1.00 e. The molecule has 0 bridgehead atoms. The Morgan fingerprint density at radius 3 is 3.00 bits per heavy atom. The van der Waals surface area contributed by atoms with E-state index in [9.17, 15) is 4.79 Å². The molecule has 0 atom stereocenters. The van der Waals surface area contributed by atoms with Crippen molar-refractivity contribution in [1.29, 1.82) is 0 Å². The first-order valence-corrected chi connectivity index (χ1v) is 3.65. The van der Waals surface area contributed by atoms with Crippen molar-refractivity contribution in [3.63, 3.8) is 0 Å². The number of hydrogen-bond donors (Lipinski definition) is 2. The molecule has 0 aromatic carbocycles. The van der Waals surface area contributed by atoms with Crippen LogP contribution in [0, 0.1) is 6.08 Å². The third-order valence-corrected chi connectivity index (χ3v) is 1.72. The zero-order valence-electron chi connectivity index (χ0n) is 7.76. The first-order chi connectivity index (χ1) is 6.18. The minimum absolute atomic E-state index is 0. The smallest absolute Gasteiger partial charge is 0.502 e. The Balaban J connectivity index is 0.000000980. The number of primary amides is 1. The topological polar surface area (TPSA) is 68.3 Å². The average Bonchev–Trinajstić information content (AvgIpc) is 2.46. The zero-order chi connectivity index (χ0) is 9.42. The number of rotatable bonds is 1. The molecule has 1 aromatic rings. The van der Waals surface area contributed by atoms with Gasteiger partial charge in [-0.15, -0.1) is 18.7 Å². The van der Waals surface area contributed by atoms with Crippen LogP contribution in [0.4, 0.5) is 5.88 Å². The molecule has 66 valence electrons. The third kappa shape index (κ3) is 1.77. The minimum Gasteiger partial charge on any atom is -0.502 e. The number of allylic oxidation sites excluding steroid dienone is 1. The van der Waals surface area contributed by atoms with Gasteiger partial charge >= 0.3 is 29.6 Å². The van der Waals surface area contributed by atoms with Gasteiger partial charge in [0.05, 0.1) is 6.26 Å². The van der Waals surface area contributed by atoms with E-state index in [0.717, 1.165) is 0 Å². The molecular weight excluding hydrogens is 191 g/mol. The predicted molar refractivity (Wildman–Crippen MR) is 46.9 cm³/mol. The molecule has 4 nitrogen and oxygen atoms in total. The van der Waals surface area contributed by atoms with Crippen LogP contribution in [0.15, 0.2) is 29.0 Å². The Kier molecular flexibility index (Phi) is 3.21. The summed E-state index contributed by atoms with van der Waals surface area (Å²) in [6, 6.07) is 0. The molecule has 0 fully saturated rings. The van der Waals surface area contributed by atoms with Crippen LogP contribution in [-0.2, 0) is 0 Å². The van der Waals surface area contributed by atoms with Crippen molar-refractivity contribution < 1.29 is 38.8 Å². The van der Waals surface area contributed by atoms with E-state index in [2.05, 4.69) is 18.0 Å². The quantitative estimate of drug-likeness (QED) is 0.406. The van der Waals surface area contributed by atoms with Gasteiger partial charge in [0.15, 0.2) is 0 Å². The van der Waals surface area contributed by atoms with E-state index in [1.807, 2.05) is 0 Å². The van der Waals surface area contributed by atoms with Crippen LogP contribution >= 0.6 is 0 Å². The maximum Gasteiger partial charge on any atom is 1.00 e. The maximum absolute atomic E-state index is 10.9. The molecule has 0 radical (unpaired) electrons. The van der Waals surface area contributed by atoms with Crippen LogP contribution in [-0.4, -0.2) is 5.91 Å². The van der Waals surface area contributed by atoms with Crippen LogP contribution in [0.3, 0.4) is 0 Å². The standard InChI is InChI=1S/C9H7N2O2.Na/c1-5-2-3-6-7(8(10)12)4-13-9(6)11-5;/h2,4,11H,1H2,(H2,10,12);/q-1;+1. The second kappa shape index (κ2) is 4.04. The Bertz CT molecular complexity index is 420. The van der Waals surface area contributed by atoms with Gasteiger partial charge < -0.3 is 15.5 Å². The van der Waals surface area contributed by atoms with Gasteiger partial charge in [-0.25, -0.2) is 0 Å². The van der Waals surface area contributed by atoms with E-state index in [-0.39, 0.29) is 29.6 Å². The summed E-state index contributed by atoms with van der Waals surface area (Å²) in [6.45, 7) is 3.66. The van der Waals surface area contributed by atoms with Crippen LogP contribution in [0.5, 0.6) is 0 Å². The number of amides is 1. The van der Waals surface area contributed by atoms with E-state index in [0.29, 0.717) is 22.7 Å². The number of nitrogens with one attached hydrogen (secondary N) is 1. The molecule has 0 unspecified atom stereocenters. The third-order valence-electron chi connectivity index (χ3n) is 1.72. The number of carbonyl (C=O) groups is 1. The van der Waals surface area contributed by atoms with Crippen molar-refractivity contribution in [2.45, 2.75) is 0 Å². The molecular formula is C9H7N2NaO2. The van der Waals surface area contributed by atoms with Crippen molar-refractivity contribution >= 4 is 11.8 Å². The average molecular weight is 198 g/mol. The SMILES string of the molecule is C=C1C=[C-]c2c(C(N)=O)coc2N1.[Na+]. The first kappa shape index (κ1) is 11.1. The summed E-state index contributed by atoms with van der Waals surface area (Å²) >= 11 is 0. The molecule has 5 heteroatoms. The summed E-state index contributed by atoms with van der Waals surface area (Å²) in [6.07, 6.45) is 5.79. The van der Waals surface area contributed by atoms with Crippen LogP contribution in [0.2, 0.25) is 0 Å². The second-order valence-electron chi connectivity index (χ2n) is 2.66. The van der Waals surface area contributed by atoms with Gasteiger partial charge in [-0.1, -0.05) is 5.56 Å². The second-order valence-corrected chi connectivity index (χ2v) is 2.66. The summed E-state index contributed by atoms with van der Waals surface area (Å²) in [4.78, 5) is 10.9. The summed E-state index contributed by atoms with van der Waals surface area (Å²) < 4.78 is 5.06. The molecule has 3 N–H and O–H groups in total. The number of hydrogen-bond acceptors (Lipinski definition) is 3. The van der Waals surface area contributed by atoms with Gasteiger partial charge in [0.25, 0.3) is 0 Å². The number of nitrogens with two attached hydrogens (primary N) is 1. The first-order valence-electron chi connectivity index (χ1n) is 3.65. The van der Waals surface area contributed by atoms with Crippen LogP contribution in [0.25, 0.3) is 0 Å². The van der Waals surface area contributed by atoms with Crippen molar-refractivity contribution in [1.82, 2.24) is 0 Å². The monoisotopic (exact) mass is 198 g/mol. The van der Waals surface area contributed by atoms with Crippen LogP contribution in [0.1, 0.15) is 15.9 Å². The molecule has 0 saturated heterocycles. The number of fused-ring (bicyclic) bond motifs is 1. The van der Waals surface area contributed by atoms with Gasteiger partial charge in [0.2, 0.25) is 5.91 Å². The molecule has 2 heterocycles. The number of furan rings is 1. The van der Waals surface area contributed by atoms with E-state index in [1.54, 1.807) is 6.08 Å². The van der Waals surface area contributed by atoms with Gasteiger partial charge in [-0.3, -0.25) is 4.79 Å². The van der Waals surface area contributed by atoms with E-state index in [4.69, 9.17) is 10.2 Å². The van der Waals surface area contributed by atoms with Crippen LogP contribution < -0.4 is 40.6 Å².